The van der Waals surface area contributed by atoms with Gasteiger partial charge in [0.1, 0.15) is 0 Å². The van der Waals surface area contributed by atoms with E-state index in [1.165, 1.54) is 5.56 Å². The van der Waals surface area contributed by atoms with Crippen LogP contribution < -0.4 is 0 Å². The van der Waals surface area contributed by atoms with Crippen molar-refractivity contribution in [3.05, 3.63) is 83.2 Å². The number of carbonyl (C=O) groups excluding carboxylic acids is 1. The number of nitrogens with zero attached hydrogens (tertiary/aromatic N) is 5. The second-order valence-corrected chi connectivity index (χ2v) is 7.74. The first-order valence-corrected chi connectivity index (χ1v) is 10.2. The van der Waals surface area contributed by atoms with E-state index < -0.39 is 0 Å². The van der Waals surface area contributed by atoms with Gasteiger partial charge >= 0.3 is 0 Å². The third-order valence-electron chi connectivity index (χ3n) is 5.46. The van der Waals surface area contributed by atoms with Gasteiger partial charge in [0.25, 0.3) is 5.91 Å². The van der Waals surface area contributed by atoms with Crippen molar-refractivity contribution in [1.29, 1.82) is 5.26 Å². The molecule has 0 atom stereocenters. The second kappa shape index (κ2) is 8.93. The minimum Gasteiger partial charge on any atom is -0.337 e. The average molecular weight is 399 g/mol. The van der Waals surface area contributed by atoms with Crippen LogP contribution in [0.15, 0.2) is 60.9 Å². The van der Waals surface area contributed by atoms with Crippen molar-refractivity contribution in [2.45, 2.75) is 19.9 Å². The number of benzene rings is 2. The van der Waals surface area contributed by atoms with Gasteiger partial charge in [-0.2, -0.15) is 10.4 Å². The molecule has 4 rings (SSSR count). The molecule has 1 aliphatic rings. The van der Waals surface area contributed by atoms with Crippen LogP contribution in [0.3, 0.4) is 0 Å². The number of amides is 1. The predicted molar refractivity (Wildman–Crippen MR) is 115 cm³/mol. The maximum atomic E-state index is 13.0. The maximum Gasteiger partial charge on any atom is 0.253 e. The fourth-order valence-electron chi connectivity index (χ4n) is 3.77. The van der Waals surface area contributed by atoms with Crippen molar-refractivity contribution in [3.8, 4) is 11.8 Å². The van der Waals surface area contributed by atoms with Gasteiger partial charge in [0.15, 0.2) is 0 Å². The summed E-state index contributed by atoms with van der Waals surface area (Å²) in [5.74, 6) is 0.0819. The van der Waals surface area contributed by atoms with Gasteiger partial charge in [0, 0.05) is 44.5 Å². The Labute approximate surface area is 177 Å². The zero-order valence-corrected chi connectivity index (χ0v) is 17.2. The number of aromatic nitrogens is 2. The maximum absolute atomic E-state index is 13.0. The molecule has 152 valence electrons. The summed E-state index contributed by atoms with van der Waals surface area (Å²) in [7, 11) is 0. The molecule has 0 saturated carbocycles. The van der Waals surface area contributed by atoms with Crippen LogP contribution in [-0.2, 0) is 6.54 Å². The van der Waals surface area contributed by atoms with Gasteiger partial charge in [0.2, 0.25) is 0 Å². The molecule has 0 bridgehead atoms. The summed E-state index contributed by atoms with van der Waals surface area (Å²) < 4.78 is 1.82. The second-order valence-electron chi connectivity index (χ2n) is 7.74. The Bertz CT molecular complexity index is 1050. The van der Waals surface area contributed by atoms with Gasteiger partial charge in [-0.3, -0.25) is 9.69 Å². The Morgan fingerprint density at radius 1 is 1.03 bits per heavy atom. The molecular formula is C24H25N5O. The minimum atomic E-state index is 0.0819. The van der Waals surface area contributed by atoms with E-state index >= 15 is 0 Å². The molecule has 1 aromatic heterocycles. The zero-order chi connectivity index (χ0) is 20.9. The standard InChI is InChI=1S/C24H25N5O/c1-19-16-26-29(17-19)23-9-7-22(8-10-23)24(30)28-12-2-11-27(13-14-28)18-21-5-3-20(15-25)4-6-21/h3-10,16-17H,2,11-14,18H2,1H3. The van der Waals surface area contributed by atoms with Gasteiger partial charge in [-0.1, -0.05) is 12.1 Å². The molecule has 30 heavy (non-hydrogen) atoms. The van der Waals surface area contributed by atoms with Gasteiger partial charge in [0.05, 0.1) is 23.5 Å². The summed E-state index contributed by atoms with van der Waals surface area (Å²) in [6, 6.07) is 17.5. The topological polar surface area (TPSA) is 65.2 Å². The van der Waals surface area contributed by atoms with E-state index in [0.29, 0.717) is 11.1 Å². The van der Waals surface area contributed by atoms with Crippen LogP contribution in [-0.4, -0.2) is 51.7 Å². The SMILES string of the molecule is Cc1cnn(-c2ccc(C(=O)N3CCCN(Cc4ccc(C#N)cc4)CC3)cc2)c1. The fraction of sp³-hybridized carbons (Fsp3) is 0.292. The van der Waals surface area contributed by atoms with Crippen molar-refractivity contribution in [1.82, 2.24) is 19.6 Å². The summed E-state index contributed by atoms with van der Waals surface area (Å²) in [5, 5.41) is 13.2. The number of nitriles is 1. The van der Waals surface area contributed by atoms with Crippen LogP contribution in [0, 0.1) is 18.3 Å². The number of carbonyl (C=O) groups is 1. The van der Waals surface area contributed by atoms with Crippen LogP contribution in [0.5, 0.6) is 0 Å². The van der Waals surface area contributed by atoms with E-state index in [9.17, 15) is 4.79 Å². The first-order chi connectivity index (χ1) is 14.6. The molecule has 1 amide bonds. The lowest BCUT2D eigenvalue weighted by atomic mass is 10.1. The molecule has 6 heteroatoms. The van der Waals surface area contributed by atoms with E-state index in [0.717, 1.165) is 50.4 Å². The fourth-order valence-corrected chi connectivity index (χ4v) is 3.77. The summed E-state index contributed by atoms with van der Waals surface area (Å²) in [6.07, 6.45) is 4.74. The van der Waals surface area contributed by atoms with E-state index in [1.54, 1.807) is 0 Å². The van der Waals surface area contributed by atoms with Crippen molar-refractivity contribution >= 4 is 5.91 Å². The first-order valence-electron chi connectivity index (χ1n) is 10.2. The van der Waals surface area contributed by atoms with Crippen molar-refractivity contribution < 1.29 is 4.79 Å². The highest BCUT2D eigenvalue weighted by atomic mass is 16.2. The monoisotopic (exact) mass is 399 g/mol. The van der Waals surface area contributed by atoms with Crippen LogP contribution in [0.25, 0.3) is 5.69 Å². The third kappa shape index (κ3) is 4.58. The lowest BCUT2D eigenvalue weighted by molar-refractivity contribution is 0.0761. The first kappa shape index (κ1) is 19.9. The Balaban J connectivity index is 1.36. The number of hydrogen-bond donors (Lipinski definition) is 0. The molecule has 6 nitrogen and oxygen atoms in total. The van der Waals surface area contributed by atoms with E-state index in [2.05, 4.69) is 16.1 Å². The molecule has 0 spiro atoms. The lowest BCUT2D eigenvalue weighted by Gasteiger charge is -2.22. The Kier molecular flexibility index (Phi) is 5.92. The summed E-state index contributed by atoms with van der Waals surface area (Å²) in [4.78, 5) is 17.3. The number of hydrogen-bond acceptors (Lipinski definition) is 4. The number of aryl methyl sites for hydroxylation is 1. The molecular weight excluding hydrogens is 374 g/mol. The van der Waals surface area contributed by atoms with Crippen LogP contribution in [0.1, 0.15) is 33.5 Å². The van der Waals surface area contributed by atoms with Gasteiger partial charge in [-0.25, -0.2) is 4.68 Å². The van der Waals surface area contributed by atoms with Crippen molar-refractivity contribution in [2.24, 2.45) is 0 Å². The van der Waals surface area contributed by atoms with Crippen molar-refractivity contribution in [2.75, 3.05) is 26.2 Å². The predicted octanol–water partition coefficient (Wildman–Crippen LogP) is 3.40. The average Bonchev–Trinajstić information content (AvgIpc) is 3.08. The Hall–Kier alpha value is -3.43. The Morgan fingerprint density at radius 2 is 1.80 bits per heavy atom. The van der Waals surface area contributed by atoms with Gasteiger partial charge in [-0.15, -0.1) is 0 Å². The quantitative estimate of drug-likeness (QED) is 0.674. The van der Waals surface area contributed by atoms with Crippen molar-refractivity contribution in [3.63, 3.8) is 0 Å². The molecule has 1 saturated heterocycles. The van der Waals surface area contributed by atoms with Gasteiger partial charge < -0.3 is 4.90 Å². The summed E-state index contributed by atoms with van der Waals surface area (Å²) in [5.41, 5.74) is 4.64. The minimum absolute atomic E-state index is 0.0819. The van der Waals surface area contributed by atoms with Crippen LogP contribution in [0.4, 0.5) is 0 Å². The Morgan fingerprint density at radius 3 is 2.47 bits per heavy atom. The zero-order valence-electron chi connectivity index (χ0n) is 17.2. The molecule has 2 heterocycles. The van der Waals surface area contributed by atoms with E-state index in [4.69, 9.17) is 5.26 Å². The molecule has 1 fully saturated rings. The number of rotatable bonds is 4. The molecule has 1 aliphatic heterocycles. The highest BCUT2D eigenvalue weighted by Gasteiger charge is 2.20. The highest BCUT2D eigenvalue weighted by molar-refractivity contribution is 5.94. The highest BCUT2D eigenvalue weighted by Crippen LogP contribution is 2.15. The smallest absolute Gasteiger partial charge is 0.253 e. The molecule has 0 N–H and O–H groups in total. The normalized spacial score (nSPS) is 14.9. The third-order valence-corrected chi connectivity index (χ3v) is 5.46. The molecule has 0 unspecified atom stereocenters. The lowest BCUT2D eigenvalue weighted by Crippen LogP contribution is -2.35. The summed E-state index contributed by atoms with van der Waals surface area (Å²) in [6.45, 7) is 6.13. The van der Waals surface area contributed by atoms with Crippen LogP contribution in [0.2, 0.25) is 0 Å². The molecule has 0 radical (unpaired) electrons. The van der Waals surface area contributed by atoms with E-state index in [1.807, 2.05) is 77.4 Å². The van der Waals surface area contributed by atoms with Gasteiger partial charge in [-0.05, 0) is 60.9 Å². The largest absolute Gasteiger partial charge is 0.337 e. The van der Waals surface area contributed by atoms with E-state index in [-0.39, 0.29) is 5.91 Å². The molecule has 2 aromatic carbocycles. The summed E-state index contributed by atoms with van der Waals surface area (Å²) >= 11 is 0. The molecule has 0 aliphatic carbocycles. The van der Waals surface area contributed by atoms with Crippen LogP contribution >= 0.6 is 0 Å². The molecule has 3 aromatic rings.